The molecule has 7 N–H and O–H groups in total. The van der Waals surface area contributed by atoms with Crippen molar-refractivity contribution >= 4 is 148 Å². The van der Waals surface area contributed by atoms with Crippen LogP contribution in [-0.4, -0.2) is 111 Å². The number of thiophene rings is 2. The van der Waals surface area contributed by atoms with Crippen molar-refractivity contribution in [2.45, 2.75) is 34.2 Å². The van der Waals surface area contributed by atoms with Gasteiger partial charge in [-0.15, -0.1) is 35.1 Å². The van der Waals surface area contributed by atoms with Gasteiger partial charge in [-0.3, -0.25) is 29.5 Å². The number of fused-ring (bicyclic) bond motifs is 4. The fourth-order valence-corrected chi connectivity index (χ4v) is 13.0. The quantitative estimate of drug-likeness (QED) is 0.0275. The summed E-state index contributed by atoms with van der Waals surface area (Å²) in [6.45, 7) is 16.1. The van der Waals surface area contributed by atoms with Crippen LogP contribution >= 0.6 is 58.3 Å². The van der Waals surface area contributed by atoms with Gasteiger partial charge in [0.2, 0.25) is 0 Å². The van der Waals surface area contributed by atoms with Crippen LogP contribution in [0.1, 0.15) is 54.0 Å². The third kappa shape index (κ3) is 19.6. The molecule has 0 bridgehead atoms. The molecule has 21 nitrogen and oxygen atoms in total. The summed E-state index contributed by atoms with van der Waals surface area (Å²) in [5.74, 6) is 3.30. The van der Waals surface area contributed by atoms with Crippen LogP contribution in [0.5, 0.6) is 28.7 Å². The molecule has 104 heavy (non-hydrogen) atoms. The van der Waals surface area contributed by atoms with Crippen molar-refractivity contribution in [3.8, 4) is 49.9 Å². The van der Waals surface area contributed by atoms with E-state index in [9.17, 15) is 9.59 Å². The van der Waals surface area contributed by atoms with Gasteiger partial charge in [0, 0.05) is 120 Å². The maximum absolute atomic E-state index is 12.5. The van der Waals surface area contributed by atoms with Gasteiger partial charge in [0.05, 0.1) is 54.9 Å². The van der Waals surface area contributed by atoms with E-state index in [4.69, 9.17) is 57.0 Å². The Morgan fingerprint density at radius 1 is 0.500 bits per heavy atom. The van der Waals surface area contributed by atoms with Crippen molar-refractivity contribution in [1.29, 1.82) is 0 Å². The summed E-state index contributed by atoms with van der Waals surface area (Å²) in [5.41, 5.74) is 17.2. The van der Waals surface area contributed by atoms with Crippen molar-refractivity contribution in [3.05, 3.63) is 234 Å². The molecule has 0 aliphatic carbocycles. The number of carbonyl (C=O) groups excluding carboxylic acids is 2. The summed E-state index contributed by atoms with van der Waals surface area (Å²) in [5, 5.41) is 16.9. The number of benzene rings is 6. The lowest BCUT2D eigenvalue weighted by Gasteiger charge is -2.18. The smallest absolute Gasteiger partial charge is 0.300 e. The van der Waals surface area contributed by atoms with Gasteiger partial charge in [-0.05, 0) is 183 Å². The van der Waals surface area contributed by atoms with Gasteiger partial charge in [-0.25, -0.2) is 0 Å². The molecule has 14 rings (SSSR count). The first-order chi connectivity index (χ1) is 50.2. The highest BCUT2D eigenvalue weighted by Gasteiger charge is 2.18. The molecular weight excluding hydrogens is 1420 g/mol. The Balaban J connectivity index is 0.000000176. The molecule has 0 saturated carbocycles. The number of nitrogen functional groups attached to an aromatic ring is 1. The molecular formula is C78H75Cl3N14O7S2. The highest BCUT2D eigenvalue weighted by Crippen LogP contribution is 2.42. The van der Waals surface area contributed by atoms with E-state index in [1.165, 1.54) is 0 Å². The molecule has 0 radical (unpaired) electrons. The van der Waals surface area contributed by atoms with Gasteiger partial charge < -0.3 is 65.2 Å². The Hall–Kier alpha value is -10.9. The number of rotatable bonds is 26. The lowest BCUT2D eigenvalue weighted by Crippen LogP contribution is -2.34. The molecule has 8 aromatic heterocycles. The maximum Gasteiger partial charge on any atom is 0.300 e. The molecule has 532 valence electrons. The molecule has 0 aliphatic rings. The Labute approximate surface area is 625 Å². The average Bonchev–Trinajstić information content (AvgIpc) is 1.67. The van der Waals surface area contributed by atoms with Gasteiger partial charge >= 0.3 is 0 Å². The van der Waals surface area contributed by atoms with Gasteiger partial charge in [0.25, 0.3) is 23.8 Å². The number of likely N-dealkylation sites (N-methyl/N-ethyl adjacent to an activating group) is 2. The largest absolute Gasteiger partial charge is 0.495 e. The number of nitrogens with one attached hydrogen (secondary N) is 5. The number of halogens is 3. The third-order valence-corrected chi connectivity index (χ3v) is 19.3. The number of hydrogen-bond acceptors (Lipinski definition) is 21. The summed E-state index contributed by atoms with van der Waals surface area (Å²) >= 11 is 15.1. The Bertz CT molecular complexity index is 5140. The number of methoxy groups -OCH3 is 1. The van der Waals surface area contributed by atoms with E-state index >= 15 is 0 Å². The first-order valence-electron chi connectivity index (χ1n) is 33.4. The first-order valence-corrected chi connectivity index (χ1v) is 35.8. The molecule has 8 heterocycles. The monoisotopic (exact) mass is 1490 g/mol. The second-order valence-corrected chi connectivity index (χ2v) is 26.3. The van der Waals surface area contributed by atoms with E-state index in [-0.39, 0.29) is 24.2 Å². The minimum Gasteiger partial charge on any atom is -0.495 e. The molecule has 0 atom stereocenters. The number of oxazole rings is 2. The number of aromatic nitrogens is 6. The molecule has 2 amide bonds. The number of ether oxygens (including phenoxy) is 3. The second-order valence-electron chi connectivity index (χ2n) is 23.3. The van der Waals surface area contributed by atoms with Gasteiger partial charge in [0.1, 0.15) is 39.8 Å². The van der Waals surface area contributed by atoms with E-state index in [0.717, 1.165) is 103 Å². The SMILES string of the molecule is CCN(CC)CCNC(=O)c1ccc(N)cc1.CCN(CC)CCNC(=O)c1ccc(NCc2ccc(-c3cc4nccc(Oc5ccc6oc(Nc7ccc(Cl)cc7)nc6c5)c4s3)nc2)cc1.COc1ccc(-c2cc3nccc(Oc4ccc5oc(Nc6ccc(Cl)cc6)nc5c4)c3s2)nc1.Cl. The van der Waals surface area contributed by atoms with Crippen LogP contribution in [-0.2, 0) is 6.54 Å². The van der Waals surface area contributed by atoms with E-state index < -0.39 is 0 Å². The van der Waals surface area contributed by atoms with Crippen LogP contribution in [0, 0.1) is 0 Å². The number of carbonyl (C=O) groups is 2. The van der Waals surface area contributed by atoms with Gasteiger partial charge in [-0.2, -0.15) is 9.97 Å². The van der Waals surface area contributed by atoms with Crippen LogP contribution in [0.25, 0.3) is 63.8 Å². The average molecular weight is 1490 g/mol. The lowest BCUT2D eigenvalue weighted by atomic mass is 10.2. The second kappa shape index (κ2) is 35.8. The van der Waals surface area contributed by atoms with Crippen molar-refractivity contribution < 1.29 is 32.6 Å². The number of anilines is 6. The predicted molar refractivity (Wildman–Crippen MR) is 422 cm³/mol. The van der Waals surface area contributed by atoms with Crippen LogP contribution in [0.4, 0.5) is 34.8 Å². The summed E-state index contributed by atoms with van der Waals surface area (Å²) in [4.78, 5) is 58.2. The van der Waals surface area contributed by atoms with E-state index in [1.54, 1.807) is 96.9 Å². The molecule has 26 heteroatoms. The van der Waals surface area contributed by atoms with Crippen molar-refractivity contribution in [1.82, 2.24) is 50.3 Å². The van der Waals surface area contributed by atoms with E-state index in [0.29, 0.717) is 109 Å². The van der Waals surface area contributed by atoms with Crippen LogP contribution in [0.2, 0.25) is 10.0 Å². The van der Waals surface area contributed by atoms with Crippen molar-refractivity contribution in [3.63, 3.8) is 0 Å². The summed E-state index contributed by atoms with van der Waals surface area (Å²) in [6, 6.07) is 56.6. The number of pyridine rings is 4. The standard InChI is InChI=1S/C39H36ClN7O3S.C26H17ClN4O3S.C13H21N3O.ClH/c1-3-47(4-2)20-19-42-38(48)26-6-10-28(11-7-26)43-23-25-5-15-31(44-24-25)36-22-33-37(51-36)35(17-18-41-33)49-30-14-16-34-32(21-30)46-39(50-34)45-29-12-8-27(40)9-13-29;1-32-18-6-8-19(29-14-18)24-13-21-25(35-24)23(10-11-28-21)33-17-7-9-22-20(12-17)31-26(34-22)30-16-4-2-15(27)3-5-16;1-3-16(4-2)10-9-15-13(17)11-5-7-12(14)8-6-11;/h5-18,21-22,24,43H,3-4,19-20,23H2,1-2H3,(H,42,48)(H,45,46);2-14H,1H3,(H,30,31);5-8H,3-4,9-10,14H2,1-2H3,(H,15,17);1H. The van der Waals surface area contributed by atoms with E-state index in [1.807, 2.05) is 134 Å². The van der Waals surface area contributed by atoms with Crippen LogP contribution in [0.3, 0.4) is 0 Å². The number of amides is 2. The summed E-state index contributed by atoms with van der Waals surface area (Å²) in [6.07, 6.45) is 7.05. The summed E-state index contributed by atoms with van der Waals surface area (Å²) < 4.78 is 31.3. The minimum absolute atomic E-state index is 0. The zero-order valence-corrected chi connectivity index (χ0v) is 61.4. The fraction of sp³-hybridized carbons (Fsp3) is 0.179. The number of nitrogens with zero attached hydrogens (tertiary/aromatic N) is 8. The van der Waals surface area contributed by atoms with E-state index in [2.05, 4.69) is 95.1 Å². The first kappa shape index (κ1) is 74.3. The molecule has 14 aromatic rings. The van der Waals surface area contributed by atoms with Crippen molar-refractivity contribution in [2.75, 3.05) is 81.2 Å². The highest BCUT2D eigenvalue weighted by atomic mass is 35.5. The highest BCUT2D eigenvalue weighted by molar-refractivity contribution is 7.23. The molecule has 0 spiro atoms. The zero-order valence-electron chi connectivity index (χ0n) is 57.5. The maximum atomic E-state index is 12.5. The molecule has 0 fully saturated rings. The Morgan fingerprint density at radius 2 is 0.942 bits per heavy atom. The van der Waals surface area contributed by atoms with Crippen LogP contribution in [0.15, 0.2) is 216 Å². The minimum atomic E-state index is -0.0605. The van der Waals surface area contributed by atoms with Gasteiger partial charge in [-0.1, -0.05) is 57.0 Å². The number of nitrogens with two attached hydrogens (primary N) is 1. The Morgan fingerprint density at radius 3 is 1.38 bits per heavy atom. The molecule has 6 aromatic carbocycles. The molecule has 0 aliphatic heterocycles. The predicted octanol–water partition coefficient (Wildman–Crippen LogP) is 18.8. The summed E-state index contributed by atoms with van der Waals surface area (Å²) in [7, 11) is 1.62. The Kier molecular flexibility index (Phi) is 25.6. The third-order valence-electron chi connectivity index (χ3n) is 16.5. The normalized spacial score (nSPS) is 11.0. The molecule has 0 unspecified atom stereocenters. The topological polar surface area (TPSA) is 258 Å². The fourth-order valence-electron chi connectivity index (χ4n) is 10.7. The number of hydrogen-bond donors (Lipinski definition) is 6. The van der Waals surface area contributed by atoms with Crippen LogP contribution < -0.4 is 46.5 Å². The lowest BCUT2D eigenvalue weighted by molar-refractivity contribution is 0.0941. The molecule has 0 saturated heterocycles. The van der Waals surface area contributed by atoms with Crippen molar-refractivity contribution in [2.24, 2.45) is 0 Å². The van der Waals surface area contributed by atoms with Gasteiger partial charge in [0.15, 0.2) is 11.2 Å². The zero-order chi connectivity index (χ0) is 71.6.